The second-order valence-corrected chi connectivity index (χ2v) is 4.70. The highest BCUT2D eigenvalue weighted by Gasteiger charge is 2.33. The number of nitrogens with one attached hydrogen (secondary N) is 2. The molecule has 1 fully saturated rings. The largest absolute Gasteiger partial charge is 0.379 e. The first-order valence-corrected chi connectivity index (χ1v) is 6.88. The first-order valence-electron chi connectivity index (χ1n) is 6.88. The number of unbranched alkanes of at least 4 members (excludes halogenated alkanes) is 2. The highest BCUT2D eigenvalue weighted by molar-refractivity contribution is 5.79. The summed E-state index contributed by atoms with van der Waals surface area (Å²) in [7, 11) is 0. The van der Waals surface area contributed by atoms with Crippen LogP contribution in [0.25, 0.3) is 0 Å². The molecule has 0 aromatic carbocycles. The Hall–Kier alpha value is -0.610. The molecule has 2 unspecified atom stereocenters. The lowest BCUT2D eigenvalue weighted by molar-refractivity contribution is -0.125. The minimum Gasteiger partial charge on any atom is -0.379 e. The Morgan fingerprint density at radius 3 is 2.71 bits per heavy atom. The Bertz CT molecular complexity index is 221. The fourth-order valence-electron chi connectivity index (χ4n) is 2.06. The van der Waals surface area contributed by atoms with Gasteiger partial charge in [0.05, 0.1) is 19.1 Å². The van der Waals surface area contributed by atoms with Crippen molar-refractivity contribution in [3.05, 3.63) is 0 Å². The van der Waals surface area contributed by atoms with Crippen molar-refractivity contribution in [3.8, 4) is 0 Å². The molecule has 4 nitrogen and oxygen atoms in total. The number of amides is 1. The van der Waals surface area contributed by atoms with E-state index >= 15 is 0 Å². The first-order chi connectivity index (χ1) is 8.29. The average molecular weight is 242 g/mol. The van der Waals surface area contributed by atoms with Crippen LogP contribution in [-0.2, 0) is 9.53 Å². The fraction of sp³-hybridized carbons (Fsp3) is 0.923. The van der Waals surface area contributed by atoms with Gasteiger partial charge in [-0.05, 0) is 19.4 Å². The van der Waals surface area contributed by atoms with Crippen molar-refractivity contribution in [2.24, 2.45) is 5.92 Å². The average Bonchev–Trinajstić information content (AvgIpc) is 2.80. The molecular formula is C13H26N2O2. The van der Waals surface area contributed by atoms with Crippen LogP contribution in [0.5, 0.6) is 0 Å². The van der Waals surface area contributed by atoms with Crippen LogP contribution < -0.4 is 10.6 Å². The summed E-state index contributed by atoms with van der Waals surface area (Å²) in [6.45, 7) is 7.26. The number of carbonyl (C=O) groups is 1. The van der Waals surface area contributed by atoms with E-state index in [1.54, 1.807) is 0 Å². The van der Waals surface area contributed by atoms with Gasteiger partial charge >= 0.3 is 0 Å². The van der Waals surface area contributed by atoms with Crippen molar-refractivity contribution >= 4 is 5.91 Å². The minimum absolute atomic E-state index is 0.0109. The van der Waals surface area contributed by atoms with E-state index in [9.17, 15) is 4.79 Å². The molecule has 1 aliphatic rings. The van der Waals surface area contributed by atoms with Crippen molar-refractivity contribution in [2.75, 3.05) is 26.3 Å². The van der Waals surface area contributed by atoms with Gasteiger partial charge in [0, 0.05) is 12.6 Å². The number of rotatable bonds is 8. The second-order valence-electron chi connectivity index (χ2n) is 4.70. The van der Waals surface area contributed by atoms with Gasteiger partial charge in [0.15, 0.2) is 0 Å². The van der Waals surface area contributed by atoms with Gasteiger partial charge < -0.3 is 15.4 Å². The van der Waals surface area contributed by atoms with Gasteiger partial charge in [-0.15, -0.1) is 0 Å². The fourth-order valence-corrected chi connectivity index (χ4v) is 2.06. The Kier molecular flexibility index (Phi) is 7.21. The molecule has 0 aromatic rings. The van der Waals surface area contributed by atoms with Gasteiger partial charge in [-0.25, -0.2) is 0 Å². The third kappa shape index (κ3) is 5.04. The molecule has 17 heavy (non-hydrogen) atoms. The molecule has 0 spiro atoms. The summed E-state index contributed by atoms with van der Waals surface area (Å²) in [6, 6.07) is 0.195. The first kappa shape index (κ1) is 14.5. The van der Waals surface area contributed by atoms with Crippen LogP contribution in [0.2, 0.25) is 0 Å². The molecule has 2 N–H and O–H groups in total. The molecule has 1 amide bonds. The molecule has 1 rings (SSSR count). The van der Waals surface area contributed by atoms with Gasteiger partial charge in [-0.2, -0.15) is 0 Å². The molecular weight excluding hydrogens is 216 g/mol. The molecule has 0 radical (unpaired) electrons. The number of hydrogen-bond acceptors (Lipinski definition) is 3. The van der Waals surface area contributed by atoms with Crippen molar-refractivity contribution < 1.29 is 9.53 Å². The predicted molar refractivity (Wildman–Crippen MR) is 68.9 cm³/mol. The zero-order chi connectivity index (χ0) is 12.5. The van der Waals surface area contributed by atoms with E-state index in [4.69, 9.17) is 4.74 Å². The van der Waals surface area contributed by atoms with Crippen molar-refractivity contribution in [2.45, 2.75) is 45.6 Å². The van der Waals surface area contributed by atoms with Crippen LogP contribution >= 0.6 is 0 Å². The molecule has 0 saturated carbocycles. The zero-order valence-corrected chi connectivity index (χ0v) is 11.1. The van der Waals surface area contributed by atoms with E-state index in [2.05, 4.69) is 24.5 Å². The molecule has 1 heterocycles. The smallest absolute Gasteiger partial charge is 0.227 e. The highest BCUT2D eigenvalue weighted by atomic mass is 16.5. The summed E-state index contributed by atoms with van der Waals surface area (Å²) >= 11 is 0. The predicted octanol–water partition coefficient (Wildman–Crippen LogP) is 1.31. The van der Waals surface area contributed by atoms with Crippen LogP contribution in [0, 0.1) is 5.92 Å². The van der Waals surface area contributed by atoms with Crippen LogP contribution in [-0.4, -0.2) is 38.3 Å². The number of hydrogen-bond donors (Lipinski definition) is 2. The topological polar surface area (TPSA) is 50.4 Å². The standard InChI is InChI=1S/C13H26N2O2/c1-3-5-6-8-15-13(16)11-9-17-10-12(11)14-7-4-2/h11-12,14H,3-10H2,1-2H3,(H,15,16). The second kappa shape index (κ2) is 8.48. The van der Waals surface area contributed by atoms with E-state index < -0.39 is 0 Å². The van der Waals surface area contributed by atoms with E-state index in [0.717, 1.165) is 25.9 Å². The Morgan fingerprint density at radius 1 is 1.18 bits per heavy atom. The van der Waals surface area contributed by atoms with Crippen molar-refractivity contribution in [1.29, 1.82) is 0 Å². The molecule has 4 heteroatoms. The number of carbonyl (C=O) groups excluding carboxylic acids is 1. The van der Waals surface area contributed by atoms with Crippen molar-refractivity contribution in [3.63, 3.8) is 0 Å². The van der Waals surface area contributed by atoms with Gasteiger partial charge in [0.2, 0.25) is 5.91 Å². The molecule has 2 atom stereocenters. The van der Waals surface area contributed by atoms with Gasteiger partial charge in [0.25, 0.3) is 0 Å². The summed E-state index contributed by atoms with van der Waals surface area (Å²) < 4.78 is 5.39. The van der Waals surface area contributed by atoms with Crippen LogP contribution in [0.3, 0.4) is 0 Å². The summed E-state index contributed by atoms with van der Waals surface area (Å²) in [5, 5.41) is 6.38. The SMILES string of the molecule is CCCCCNC(=O)C1COCC1NCCC. The van der Waals surface area contributed by atoms with Gasteiger partial charge in [0.1, 0.15) is 0 Å². The van der Waals surface area contributed by atoms with Crippen LogP contribution in [0.4, 0.5) is 0 Å². The molecule has 1 saturated heterocycles. The van der Waals surface area contributed by atoms with E-state index in [1.165, 1.54) is 12.8 Å². The molecule has 0 aromatic heterocycles. The van der Waals surface area contributed by atoms with E-state index in [-0.39, 0.29) is 17.9 Å². The summed E-state index contributed by atoms with van der Waals surface area (Å²) in [6.07, 6.45) is 4.52. The van der Waals surface area contributed by atoms with Crippen LogP contribution in [0.15, 0.2) is 0 Å². The maximum Gasteiger partial charge on any atom is 0.227 e. The Balaban J connectivity index is 2.24. The summed E-state index contributed by atoms with van der Waals surface area (Å²) in [4.78, 5) is 12.0. The normalized spacial score (nSPS) is 23.9. The van der Waals surface area contributed by atoms with Crippen LogP contribution in [0.1, 0.15) is 39.5 Å². The Morgan fingerprint density at radius 2 is 2.00 bits per heavy atom. The van der Waals surface area contributed by atoms with E-state index in [1.807, 2.05) is 0 Å². The summed E-state index contributed by atoms with van der Waals surface area (Å²) in [5.74, 6) is 0.135. The highest BCUT2D eigenvalue weighted by Crippen LogP contribution is 2.13. The quantitative estimate of drug-likeness (QED) is 0.631. The van der Waals surface area contributed by atoms with E-state index in [0.29, 0.717) is 13.2 Å². The lowest BCUT2D eigenvalue weighted by Crippen LogP contribution is -2.44. The summed E-state index contributed by atoms with van der Waals surface area (Å²) in [5.41, 5.74) is 0. The Labute approximate surface area is 104 Å². The lowest BCUT2D eigenvalue weighted by Gasteiger charge is -2.18. The third-order valence-electron chi connectivity index (χ3n) is 3.15. The maximum absolute atomic E-state index is 12.0. The molecule has 1 aliphatic heterocycles. The van der Waals surface area contributed by atoms with Gasteiger partial charge in [-0.1, -0.05) is 26.7 Å². The van der Waals surface area contributed by atoms with Crippen molar-refractivity contribution in [1.82, 2.24) is 10.6 Å². The third-order valence-corrected chi connectivity index (χ3v) is 3.15. The molecule has 100 valence electrons. The monoisotopic (exact) mass is 242 g/mol. The molecule has 0 aliphatic carbocycles. The minimum atomic E-state index is -0.0109. The zero-order valence-electron chi connectivity index (χ0n) is 11.1. The number of ether oxygens (including phenoxy) is 1. The molecule has 0 bridgehead atoms. The lowest BCUT2D eigenvalue weighted by atomic mass is 10.0. The van der Waals surface area contributed by atoms with Gasteiger partial charge in [-0.3, -0.25) is 4.79 Å². The maximum atomic E-state index is 12.0.